The number of methoxy groups -OCH3 is 1. The smallest absolute Gasteiger partial charge is 0.266 e. The normalized spacial score (nSPS) is 16.4. The van der Waals surface area contributed by atoms with Crippen molar-refractivity contribution in [1.82, 2.24) is 24.2 Å². The van der Waals surface area contributed by atoms with Gasteiger partial charge < -0.3 is 10.1 Å². The Bertz CT molecular complexity index is 1370. The van der Waals surface area contributed by atoms with Gasteiger partial charge in [-0.15, -0.1) is 0 Å². The van der Waals surface area contributed by atoms with Crippen molar-refractivity contribution < 1.29 is 26.3 Å². The van der Waals surface area contributed by atoms with E-state index in [1.807, 2.05) is 0 Å². The Labute approximate surface area is 213 Å². The molecule has 1 fully saturated rings. The van der Waals surface area contributed by atoms with E-state index in [-0.39, 0.29) is 16.4 Å². The van der Waals surface area contributed by atoms with Gasteiger partial charge in [-0.25, -0.2) is 36.5 Å². The van der Waals surface area contributed by atoms with Gasteiger partial charge in [0.1, 0.15) is 17.5 Å². The SMILES string of the molecule is COCCN1CCN(S(=O)(=O)c2cc3c(N[C@H](C)c4cccc(C(F)F)c4F)nc(C)nc3cn2)CC1. The van der Waals surface area contributed by atoms with Crippen LogP contribution in [0.4, 0.5) is 19.0 Å². The number of anilines is 1. The predicted octanol–water partition coefficient (Wildman–Crippen LogP) is 3.54. The van der Waals surface area contributed by atoms with Crippen LogP contribution in [0.5, 0.6) is 0 Å². The minimum absolute atomic E-state index is 0.0375. The zero-order chi connectivity index (χ0) is 26.7. The third-order valence-corrected chi connectivity index (χ3v) is 8.13. The zero-order valence-corrected chi connectivity index (χ0v) is 21.6. The lowest BCUT2D eigenvalue weighted by atomic mass is 10.0. The van der Waals surface area contributed by atoms with Crippen LogP contribution in [-0.2, 0) is 14.8 Å². The number of aryl methyl sites for hydroxylation is 1. The van der Waals surface area contributed by atoms with E-state index in [4.69, 9.17) is 4.74 Å². The van der Waals surface area contributed by atoms with Crippen LogP contribution in [0, 0.1) is 12.7 Å². The first-order chi connectivity index (χ1) is 17.6. The van der Waals surface area contributed by atoms with Gasteiger partial charge in [0.25, 0.3) is 16.4 Å². The van der Waals surface area contributed by atoms with Gasteiger partial charge in [0.15, 0.2) is 5.03 Å². The van der Waals surface area contributed by atoms with Crippen molar-refractivity contribution in [2.75, 3.05) is 51.8 Å². The van der Waals surface area contributed by atoms with Crippen LogP contribution in [0.1, 0.15) is 36.3 Å². The fourth-order valence-corrected chi connectivity index (χ4v) is 5.64. The van der Waals surface area contributed by atoms with Crippen LogP contribution < -0.4 is 5.32 Å². The van der Waals surface area contributed by atoms with Crippen molar-refractivity contribution in [3.8, 4) is 0 Å². The van der Waals surface area contributed by atoms with E-state index < -0.39 is 33.9 Å². The van der Waals surface area contributed by atoms with Gasteiger partial charge in [-0.2, -0.15) is 4.31 Å². The molecule has 0 saturated carbocycles. The number of halogens is 3. The summed E-state index contributed by atoms with van der Waals surface area (Å²) in [6, 6.07) is 4.47. The molecule has 1 aliphatic rings. The third-order valence-electron chi connectivity index (χ3n) is 6.33. The maximum atomic E-state index is 14.7. The summed E-state index contributed by atoms with van der Waals surface area (Å²) < 4.78 is 74.3. The number of pyridine rings is 1. The largest absolute Gasteiger partial charge is 0.383 e. The van der Waals surface area contributed by atoms with Gasteiger partial charge >= 0.3 is 0 Å². The van der Waals surface area contributed by atoms with Crippen molar-refractivity contribution in [3.05, 3.63) is 53.2 Å². The molecule has 0 unspecified atom stereocenters. The Morgan fingerprint density at radius 2 is 1.84 bits per heavy atom. The van der Waals surface area contributed by atoms with E-state index in [1.54, 1.807) is 21.0 Å². The maximum Gasteiger partial charge on any atom is 0.266 e. The first kappa shape index (κ1) is 27.2. The lowest BCUT2D eigenvalue weighted by Gasteiger charge is -2.33. The summed E-state index contributed by atoms with van der Waals surface area (Å²) in [6.45, 7) is 6.35. The fraction of sp³-hybridized carbons (Fsp3) is 0.458. The van der Waals surface area contributed by atoms with Crippen molar-refractivity contribution in [2.45, 2.75) is 31.3 Å². The number of rotatable bonds is 9. The fourth-order valence-electron chi connectivity index (χ4n) is 4.28. The van der Waals surface area contributed by atoms with Crippen molar-refractivity contribution in [3.63, 3.8) is 0 Å². The third kappa shape index (κ3) is 5.84. The van der Waals surface area contributed by atoms with Crippen LogP contribution in [0.25, 0.3) is 10.9 Å². The number of ether oxygens (including phenoxy) is 1. The molecule has 2 aromatic heterocycles. The van der Waals surface area contributed by atoms with Crippen molar-refractivity contribution in [1.29, 1.82) is 0 Å². The summed E-state index contributed by atoms with van der Waals surface area (Å²) in [5.41, 5.74) is -0.252. The molecule has 3 aromatic rings. The highest BCUT2D eigenvalue weighted by molar-refractivity contribution is 7.89. The Hall–Kier alpha value is -2.87. The molecule has 0 spiro atoms. The molecule has 0 aliphatic carbocycles. The monoisotopic (exact) mass is 538 g/mol. The molecule has 1 aliphatic heterocycles. The van der Waals surface area contributed by atoms with Crippen LogP contribution >= 0.6 is 0 Å². The van der Waals surface area contributed by atoms with Crippen molar-refractivity contribution in [2.24, 2.45) is 0 Å². The molecule has 200 valence electrons. The average Bonchev–Trinajstić information content (AvgIpc) is 2.87. The standard InChI is InChI=1S/C24H29F3N6O3S/c1-15(17-5-4-6-18(22(17)25)23(26)27)29-24-19-13-21(28-14-20(19)30-16(2)31-24)37(34,35)33-9-7-32(8-10-33)11-12-36-3/h4-6,13-15,23H,7-12H2,1-3H3,(H,29,30,31)/t15-/m1/s1. The number of hydrogen-bond donors (Lipinski definition) is 1. The highest BCUT2D eigenvalue weighted by atomic mass is 32.2. The summed E-state index contributed by atoms with van der Waals surface area (Å²) in [5, 5.41) is 3.26. The molecule has 4 rings (SSSR count). The molecule has 3 heterocycles. The molecule has 1 aromatic carbocycles. The van der Waals surface area contributed by atoms with Gasteiger partial charge in [0, 0.05) is 50.8 Å². The molecule has 9 nitrogen and oxygen atoms in total. The van der Waals surface area contributed by atoms with E-state index in [0.717, 1.165) is 12.6 Å². The minimum atomic E-state index is -3.89. The zero-order valence-electron chi connectivity index (χ0n) is 20.8. The van der Waals surface area contributed by atoms with Gasteiger partial charge in [0.05, 0.1) is 29.9 Å². The second kappa shape index (κ2) is 11.3. The Morgan fingerprint density at radius 3 is 2.51 bits per heavy atom. The van der Waals surface area contributed by atoms with Crippen LogP contribution in [0.3, 0.4) is 0 Å². The molecule has 37 heavy (non-hydrogen) atoms. The number of nitrogens with one attached hydrogen (secondary N) is 1. The predicted molar refractivity (Wildman–Crippen MR) is 133 cm³/mol. The number of nitrogens with zero attached hydrogens (tertiary/aromatic N) is 5. The van der Waals surface area contributed by atoms with Crippen LogP contribution in [-0.4, -0.2) is 79.0 Å². The summed E-state index contributed by atoms with van der Waals surface area (Å²) in [5.74, 6) is -0.365. The molecular weight excluding hydrogens is 509 g/mol. The van der Waals surface area contributed by atoms with E-state index in [9.17, 15) is 21.6 Å². The van der Waals surface area contributed by atoms with Gasteiger partial charge in [-0.05, 0) is 19.9 Å². The number of benzene rings is 1. The van der Waals surface area contributed by atoms with E-state index >= 15 is 0 Å². The first-order valence-electron chi connectivity index (χ1n) is 11.8. The highest BCUT2D eigenvalue weighted by Gasteiger charge is 2.30. The highest BCUT2D eigenvalue weighted by Crippen LogP contribution is 2.31. The van der Waals surface area contributed by atoms with Crippen LogP contribution in [0.15, 0.2) is 35.5 Å². The Kier molecular flexibility index (Phi) is 8.26. The number of sulfonamides is 1. The average molecular weight is 539 g/mol. The molecule has 0 radical (unpaired) electrons. The first-order valence-corrected chi connectivity index (χ1v) is 13.2. The summed E-state index contributed by atoms with van der Waals surface area (Å²) >= 11 is 0. The molecule has 1 atom stereocenters. The molecule has 1 saturated heterocycles. The summed E-state index contributed by atoms with van der Waals surface area (Å²) in [6.07, 6.45) is -1.59. The van der Waals surface area contributed by atoms with E-state index in [0.29, 0.717) is 49.5 Å². The van der Waals surface area contributed by atoms with Crippen molar-refractivity contribution >= 4 is 26.7 Å². The van der Waals surface area contributed by atoms with Gasteiger partial charge in [0.2, 0.25) is 0 Å². The number of hydrogen-bond acceptors (Lipinski definition) is 8. The number of fused-ring (bicyclic) bond motifs is 1. The van der Waals surface area contributed by atoms with Crippen LogP contribution in [0.2, 0.25) is 0 Å². The lowest BCUT2D eigenvalue weighted by molar-refractivity contribution is 0.123. The topological polar surface area (TPSA) is 101 Å². The van der Waals surface area contributed by atoms with Gasteiger partial charge in [-0.3, -0.25) is 4.90 Å². The number of piperazine rings is 1. The Balaban J connectivity index is 1.63. The van der Waals surface area contributed by atoms with E-state index in [2.05, 4.69) is 25.2 Å². The number of alkyl halides is 2. The Morgan fingerprint density at radius 1 is 1.14 bits per heavy atom. The second-order valence-corrected chi connectivity index (χ2v) is 10.7. The molecule has 1 N–H and O–H groups in total. The van der Waals surface area contributed by atoms with E-state index in [1.165, 1.54) is 28.7 Å². The molecule has 0 amide bonds. The van der Waals surface area contributed by atoms with Gasteiger partial charge in [-0.1, -0.05) is 18.2 Å². The number of aromatic nitrogens is 3. The maximum absolute atomic E-state index is 14.7. The second-order valence-electron chi connectivity index (χ2n) is 8.81. The quantitative estimate of drug-likeness (QED) is 0.442. The molecular formula is C24H29F3N6O3S. The minimum Gasteiger partial charge on any atom is -0.383 e. The summed E-state index contributed by atoms with van der Waals surface area (Å²) in [4.78, 5) is 15.0. The summed E-state index contributed by atoms with van der Waals surface area (Å²) in [7, 11) is -2.27. The molecule has 13 heteroatoms. The lowest BCUT2D eigenvalue weighted by Crippen LogP contribution is -2.49. The molecule has 0 bridgehead atoms.